The van der Waals surface area contributed by atoms with E-state index < -0.39 is 10.0 Å². The quantitative estimate of drug-likeness (QED) is 0.621. The fourth-order valence-electron chi connectivity index (χ4n) is 2.87. The average Bonchev–Trinajstić information content (AvgIpc) is 3.28. The van der Waals surface area contributed by atoms with Crippen LogP contribution in [0.3, 0.4) is 0 Å². The molecular formula is C14H25N3O4S. The Hall–Kier alpha value is -0.700. The lowest BCUT2D eigenvalue weighted by molar-refractivity contribution is -0.128. The van der Waals surface area contributed by atoms with E-state index in [-0.39, 0.29) is 17.1 Å². The summed E-state index contributed by atoms with van der Waals surface area (Å²) in [5.41, 5.74) is 0. The average molecular weight is 331 g/mol. The highest BCUT2D eigenvalue weighted by Gasteiger charge is 2.46. The van der Waals surface area contributed by atoms with Gasteiger partial charge in [0.1, 0.15) is 0 Å². The Morgan fingerprint density at radius 2 is 1.86 bits per heavy atom. The molecule has 8 heteroatoms. The number of sulfonamides is 1. The number of amides is 1. The highest BCUT2D eigenvalue weighted by atomic mass is 32.2. The molecule has 1 aliphatic carbocycles. The Bertz CT molecular complexity index is 494. The van der Waals surface area contributed by atoms with Crippen LogP contribution in [0.5, 0.6) is 0 Å². The van der Waals surface area contributed by atoms with Gasteiger partial charge in [0, 0.05) is 32.7 Å². The van der Waals surface area contributed by atoms with Crippen LogP contribution in [-0.2, 0) is 19.6 Å². The lowest BCUT2D eigenvalue weighted by Gasteiger charge is -2.37. The second kappa shape index (κ2) is 6.82. The van der Waals surface area contributed by atoms with E-state index in [9.17, 15) is 13.2 Å². The van der Waals surface area contributed by atoms with Crippen molar-refractivity contribution in [3.63, 3.8) is 0 Å². The lowest BCUT2D eigenvalue weighted by Crippen LogP contribution is -2.56. The summed E-state index contributed by atoms with van der Waals surface area (Å²) in [4.78, 5) is 14.3. The maximum Gasteiger partial charge on any atom is 0.225 e. The van der Waals surface area contributed by atoms with Crippen molar-refractivity contribution >= 4 is 15.9 Å². The molecule has 1 amide bonds. The number of nitrogens with zero attached hydrogens (tertiary/aromatic N) is 2. The SMILES string of the molecule is O=C(NCCCN1CCOCC1)C1CN(S(=O)(=O)C2CC2)C1. The van der Waals surface area contributed by atoms with Gasteiger partial charge in [-0.3, -0.25) is 9.69 Å². The highest BCUT2D eigenvalue weighted by Crippen LogP contribution is 2.34. The summed E-state index contributed by atoms with van der Waals surface area (Å²) in [6, 6.07) is 0. The Labute approximate surface area is 132 Å². The number of morpholine rings is 1. The number of carbonyl (C=O) groups is 1. The van der Waals surface area contributed by atoms with Gasteiger partial charge >= 0.3 is 0 Å². The van der Waals surface area contributed by atoms with Crippen molar-refractivity contribution in [3.8, 4) is 0 Å². The van der Waals surface area contributed by atoms with E-state index in [1.54, 1.807) is 0 Å². The monoisotopic (exact) mass is 331 g/mol. The summed E-state index contributed by atoms with van der Waals surface area (Å²) < 4.78 is 30.7. The fourth-order valence-corrected chi connectivity index (χ4v) is 4.80. The van der Waals surface area contributed by atoms with Crippen molar-refractivity contribution in [1.82, 2.24) is 14.5 Å². The maximum absolute atomic E-state index is 12.0. The second-order valence-corrected chi connectivity index (χ2v) is 8.57. The lowest BCUT2D eigenvalue weighted by atomic mass is 10.0. The van der Waals surface area contributed by atoms with Crippen molar-refractivity contribution in [2.24, 2.45) is 5.92 Å². The molecule has 0 spiro atoms. The van der Waals surface area contributed by atoms with E-state index in [1.165, 1.54) is 4.31 Å². The molecule has 2 saturated heterocycles. The summed E-state index contributed by atoms with van der Waals surface area (Å²) in [6.45, 7) is 5.84. The van der Waals surface area contributed by atoms with E-state index >= 15 is 0 Å². The van der Waals surface area contributed by atoms with Crippen LogP contribution in [0.25, 0.3) is 0 Å². The zero-order valence-corrected chi connectivity index (χ0v) is 13.7. The van der Waals surface area contributed by atoms with Crippen molar-refractivity contribution in [1.29, 1.82) is 0 Å². The molecule has 0 radical (unpaired) electrons. The predicted molar refractivity (Wildman–Crippen MR) is 81.9 cm³/mol. The predicted octanol–water partition coefficient (Wildman–Crippen LogP) is -0.751. The van der Waals surface area contributed by atoms with Crippen LogP contribution in [-0.4, -0.2) is 81.3 Å². The largest absolute Gasteiger partial charge is 0.379 e. The summed E-state index contributed by atoms with van der Waals surface area (Å²) in [5, 5.41) is 2.75. The van der Waals surface area contributed by atoms with Crippen molar-refractivity contribution < 1.29 is 17.9 Å². The van der Waals surface area contributed by atoms with Crippen molar-refractivity contribution in [2.75, 3.05) is 52.5 Å². The third-order valence-electron chi connectivity index (χ3n) is 4.58. The Morgan fingerprint density at radius 1 is 1.18 bits per heavy atom. The van der Waals surface area contributed by atoms with Gasteiger partial charge in [0.2, 0.25) is 15.9 Å². The van der Waals surface area contributed by atoms with Gasteiger partial charge in [-0.15, -0.1) is 0 Å². The topological polar surface area (TPSA) is 79.0 Å². The normalized spacial score (nSPS) is 24.9. The molecule has 0 unspecified atom stereocenters. The molecule has 0 bridgehead atoms. The first kappa shape index (κ1) is 16.2. The molecule has 2 aliphatic heterocycles. The van der Waals surface area contributed by atoms with E-state index in [1.807, 2.05) is 0 Å². The molecular weight excluding hydrogens is 306 g/mol. The number of hydrogen-bond acceptors (Lipinski definition) is 5. The van der Waals surface area contributed by atoms with E-state index in [0.717, 1.165) is 52.1 Å². The molecule has 0 aromatic heterocycles. The van der Waals surface area contributed by atoms with Crippen LogP contribution in [0.1, 0.15) is 19.3 Å². The molecule has 7 nitrogen and oxygen atoms in total. The van der Waals surface area contributed by atoms with Crippen LogP contribution in [0.4, 0.5) is 0 Å². The molecule has 126 valence electrons. The molecule has 0 aromatic carbocycles. The van der Waals surface area contributed by atoms with Crippen molar-refractivity contribution in [3.05, 3.63) is 0 Å². The number of hydrogen-bond donors (Lipinski definition) is 1. The van der Waals surface area contributed by atoms with Gasteiger partial charge < -0.3 is 10.1 Å². The van der Waals surface area contributed by atoms with Crippen LogP contribution in [0.2, 0.25) is 0 Å². The molecule has 1 saturated carbocycles. The second-order valence-electron chi connectivity index (χ2n) is 6.36. The Morgan fingerprint density at radius 3 is 2.50 bits per heavy atom. The van der Waals surface area contributed by atoms with Gasteiger partial charge in [-0.25, -0.2) is 8.42 Å². The van der Waals surface area contributed by atoms with Crippen LogP contribution >= 0.6 is 0 Å². The summed E-state index contributed by atoms with van der Waals surface area (Å²) in [6.07, 6.45) is 2.47. The van der Waals surface area contributed by atoms with Gasteiger partial charge in [-0.05, 0) is 25.8 Å². The number of nitrogens with one attached hydrogen (secondary N) is 1. The summed E-state index contributed by atoms with van der Waals surface area (Å²) >= 11 is 0. The van der Waals surface area contributed by atoms with Crippen LogP contribution < -0.4 is 5.32 Å². The van der Waals surface area contributed by atoms with Gasteiger partial charge in [-0.1, -0.05) is 0 Å². The van der Waals surface area contributed by atoms with Gasteiger partial charge in [0.25, 0.3) is 0 Å². The third kappa shape index (κ3) is 3.79. The van der Waals surface area contributed by atoms with Crippen LogP contribution in [0.15, 0.2) is 0 Å². The first-order valence-corrected chi connectivity index (χ1v) is 9.64. The van der Waals surface area contributed by atoms with Gasteiger partial charge in [-0.2, -0.15) is 4.31 Å². The first-order chi connectivity index (χ1) is 10.6. The Kier molecular flexibility index (Phi) is 5.01. The Balaban J connectivity index is 1.29. The highest BCUT2D eigenvalue weighted by molar-refractivity contribution is 7.90. The summed E-state index contributed by atoms with van der Waals surface area (Å²) in [5.74, 6) is -0.180. The minimum atomic E-state index is -3.10. The van der Waals surface area contributed by atoms with Crippen LogP contribution in [0, 0.1) is 5.92 Å². The smallest absolute Gasteiger partial charge is 0.225 e. The fraction of sp³-hybridized carbons (Fsp3) is 0.929. The zero-order chi connectivity index (χ0) is 15.6. The minimum absolute atomic E-state index is 0.00998. The minimum Gasteiger partial charge on any atom is -0.379 e. The molecule has 2 heterocycles. The number of carbonyl (C=O) groups excluding carboxylic acids is 1. The van der Waals surface area contributed by atoms with Crippen molar-refractivity contribution in [2.45, 2.75) is 24.5 Å². The molecule has 3 fully saturated rings. The molecule has 3 rings (SSSR count). The number of ether oxygens (including phenoxy) is 1. The maximum atomic E-state index is 12.0. The molecule has 0 atom stereocenters. The molecule has 3 aliphatic rings. The molecule has 1 N–H and O–H groups in total. The van der Waals surface area contributed by atoms with E-state index in [2.05, 4.69) is 10.2 Å². The molecule has 22 heavy (non-hydrogen) atoms. The van der Waals surface area contributed by atoms with E-state index in [0.29, 0.717) is 19.6 Å². The first-order valence-electron chi connectivity index (χ1n) is 8.14. The van der Waals surface area contributed by atoms with E-state index in [4.69, 9.17) is 4.74 Å². The standard InChI is InChI=1S/C14H25N3O4S/c18-14(15-4-1-5-16-6-8-21-9-7-16)12-10-17(11-12)22(19,20)13-2-3-13/h12-13H,1-11H2,(H,15,18). The zero-order valence-electron chi connectivity index (χ0n) is 12.9. The van der Waals surface area contributed by atoms with Gasteiger partial charge in [0.05, 0.1) is 24.4 Å². The number of rotatable bonds is 7. The third-order valence-corrected chi connectivity index (χ3v) is 6.91. The summed E-state index contributed by atoms with van der Waals surface area (Å²) in [7, 11) is -3.10. The van der Waals surface area contributed by atoms with Gasteiger partial charge in [0.15, 0.2) is 0 Å². The molecule has 0 aromatic rings.